The predicted octanol–water partition coefficient (Wildman–Crippen LogP) is 5.06. The van der Waals surface area contributed by atoms with Crippen LogP contribution >= 0.6 is 22.9 Å². The van der Waals surface area contributed by atoms with Crippen LogP contribution in [0, 0.1) is 0 Å². The third-order valence-electron chi connectivity index (χ3n) is 6.85. The van der Waals surface area contributed by atoms with Crippen LogP contribution in [0.5, 0.6) is 23.0 Å². The van der Waals surface area contributed by atoms with Crippen molar-refractivity contribution in [3.8, 4) is 23.0 Å². The summed E-state index contributed by atoms with van der Waals surface area (Å²) in [5.41, 5.74) is 1.96. The third-order valence-corrected chi connectivity index (χ3v) is 8.22. The molecule has 0 saturated heterocycles. The number of halogens is 1. The number of ether oxygens (including phenoxy) is 5. The minimum Gasteiger partial charge on any atom is -0.493 e. The summed E-state index contributed by atoms with van der Waals surface area (Å²) in [6.07, 6.45) is 3.18. The standard InChI is InChI=1S/C33H31ClN2O7S/c1-5-41-25-15-14-20(16-27(25)42-6-2)29-23(32(38)40-4)18-35-33-36(29)31(37)28(44-33)17-21-11-9-13-26(39-3)30(21)43-19-22-10-7-8-12-24(22)34/h7-18,29H,5-6,19H2,1-4H3/b28-17+/t29-/m1/s1. The van der Waals surface area contributed by atoms with E-state index >= 15 is 0 Å². The van der Waals surface area contributed by atoms with Gasteiger partial charge in [0.15, 0.2) is 27.8 Å². The molecule has 44 heavy (non-hydrogen) atoms. The van der Waals surface area contributed by atoms with Gasteiger partial charge < -0.3 is 23.7 Å². The second-order valence-corrected chi connectivity index (χ2v) is 10.9. The molecule has 2 heterocycles. The molecule has 0 aliphatic carbocycles. The number of thiazole rings is 1. The van der Waals surface area contributed by atoms with Gasteiger partial charge in [0.25, 0.3) is 5.56 Å². The van der Waals surface area contributed by atoms with Gasteiger partial charge in [-0.25, -0.2) is 9.79 Å². The van der Waals surface area contributed by atoms with E-state index in [2.05, 4.69) is 4.99 Å². The number of benzene rings is 3. The Hall–Kier alpha value is -4.54. The molecule has 11 heteroatoms. The smallest absolute Gasteiger partial charge is 0.337 e. The molecule has 0 N–H and O–H groups in total. The molecule has 1 aliphatic rings. The van der Waals surface area contributed by atoms with Crippen molar-refractivity contribution in [2.24, 2.45) is 4.99 Å². The molecular formula is C33H31ClN2O7S. The van der Waals surface area contributed by atoms with Crippen molar-refractivity contribution in [2.45, 2.75) is 26.5 Å². The van der Waals surface area contributed by atoms with Crippen LogP contribution in [0.1, 0.15) is 36.6 Å². The molecule has 228 valence electrons. The number of rotatable bonds is 11. The molecule has 4 aromatic rings. The van der Waals surface area contributed by atoms with Gasteiger partial charge in [-0.2, -0.15) is 0 Å². The Balaban J connectivity index is 1.63. The summed E-state index contributed by atoms with van der Waals surface area (Å²) < 4.78 is 30.3. The number of carbonyl (C=O) groups excluding carboxylic acids is 1. The summed E-state index contributed by atoms with van der Waals surface area (Å²) in [4.78, 5) is 31.9. The van der Waals surface area contributed by atoms with E-state index in [-0.39, 0.29) is 17.7 Å². The molecule has 5 rings (SSSR count). The number of methoxy groups -OCH3 is 2. The highest BCUT2D eigenvalue weighted by Crippen LogP contribution is 2.36. The van der Waals surface area contributed by atoms with Crippen LogP contribution in [0.2, 0.25) is 5.02 Å². The van der Waals surface area contributed by atoms with Crippen LogP contribution in [0.15, 0.2) is 82.2 Å². The van der Waals surface area contributed by atoms with Gasteiger partial charge in [-0.1, -0.05) is 59.3 Å². The van der Waals surface area contributed by atoms with Gasteiger partial charge in [0, 0.05) is 22.3 Å². The highest BCUT2D eigenvalue weighted by atomic mass is 35.5. The summed E-state index contributed by atoms with van der Waals surface area (Å²) in [6, 6.07) is 17.4. The first-order chi connectivity index (χ1) is 21.4. The van der Waals surface area contributed by atoms with Crippen molar-refractivity contribution in [2.75, 3.05) is 27.4 Å². The van der Waals surface area contributed by atoms with Crippen LogP contribution in [0.3, 0.4) is 0 Å². The lowest BCUT2D eigenvalue weighted by molar-refractivity contribution is -0.136. The molecule has 3 aromatic carbocycles. The van der Waals surface area contributed by atoms with Crippen molar-refractivity contribution >= 4 is 35.0 Å². The molecule has 1 aromatic heterocycles. The Morgan fingerprint density at radius 2 is 1.75 bits per heavy atom. The molecule has 0 spiro atoms. The van der Waals surface area contributed by atoms with E-state index in [4.69, 9.17) is 35.3 Å². The van der Waals surface area contributed by atoms with Gasteiger partial charge in [0.2, 0.25) is 0 Å². The van der Waals surface area contributed by atoms with Crippen LogP contribution in [-0.4, -0.2) is 38.0 Å². The summed E-state index contributed by atoms with van der Waals surface area (Å²) in [5, 5.41) is 0.584. The quantitative estimate of drug-likeness (QED) is 0.213. The van der Waals surface area contributed by atoms with Crippen molar-refractivity contribution in [3.63, 3.8) is 0 Å². The number of fused-ring (bicyclic) bond motifs is 1. The highest BCUT2D eigenvalue weighted by molar-refractivity contribution is 7.07. The topological polar surface area (TPSA) is 97.6 Å². The number of carbonyl (C=O) groups is 1. The molecule has 0 bridgehead atoms. The minimum absolute atomic E-state index is 0.199. The largest absolute Gasteiger partial charge is 0.493 e. The fourth-order valence-electron chi connectivity index (χ4n) is 4.86. The zero-order chi connectivity index (χ0) is 31.2. The molecule has 0 fully saturated rings. The molecule has 0 radical (unpaired) electrons. The van der Waals surface area contributed by atoms with Crippen molar-refractivity contribution in [1.29, 1.82) is 0 Å². The van der Waals surface area contributed by atoms with E-state index in [9.17, 15) is 9.59 Å². The zero-order valence-electron chi connectivity index (χ0n) is 24.7. The van der Waals surface area contributed by atoms with Crippen molar-refractivity contribution < 1.29 is 28.5 Å². The molecule has 1 aliphatic heterocycles. The van der Waals surface area contributed by atoms with Crippen LogP contribution in [-0.2, 0) is 16.1 Å². The maximum absolute atomic E-state index is 14.1. The lowest BCUT2D eigenvalue weighted by atomic mass is 9.97. The summed E-state index contributed by atoms with van der Waals surface area (Å²) in [5.74, 6) is 1.44. The van der Waals surface area contributed by atoms with Gasteiger partial charge in [0.1, 0.15) is 6.61 Å². The van der Waals surface area contributed by atoms with Crippen LogP contribution < -0.4 is 33.8 Å². The Labute approximate surface area is 263 Å². The second kappa shape index (κ2) is 13.8. The fourth-order valence-corrected chi connectivity index (χ4v) is 6.01. The van der Waals surface area contributed by atoms with Crippen LogP contribution in [0.25, 0.3) is 6.08 Å². The maximum Gasteiger partial charge on any atom is 0.337 e. The van der Waals surface area contributed by atoms with Gasteiger partial charge in [-0.15, -0.1) is 0 Å². The Morgan fingerprint density at radius 3 is 2.48 bits per heavy atom. The monoisotopic (exact) mass is 634 g/mol. The number of para-hydroxylation sites is 1. The number of esters is 1. The number of hydrogen-bond donors (Lipinski definition) is 0. The van der Waals surface area contributed by atoms with Gasteiger partial charge in [-0.3, -0.25) is 9.36 Å². The first-order valence-corrected chi connectivity index (χ1v) is 15.1. The van der Waals surface area contributed by atoms with E-state index < -0.39 is 12.0 Å². The Morgan fingerprint density at radius 1 is 0.977 bits per heavy atom. The number of hydrogen-bond acceptors (Lipinski definition) is 9. The van der Waals surface area contributed by atoms with E-state index in [1.54, 1.807) is 43.5 Å². The molecule has 0 amide bonds. The summed E-state index contributed by atoms with van der Waals surface area (Å²) in [7, 11) is 2.85. The van der Waals surface area contributed by atoms with Crippen molar-refractivity contribution in [3.05, 3.63) is 114 Å². The van der Waals surface area contributed by atoms with Crippen LogP contribution in [0.4, 0.5) is 0 Å². The molecule has 0 unspecified atom stereocenters. The van der Waals surface area contributed by atoms with Crippen molar-refractivity contribution in [1.82, 2.24) is 4.57 Å². The zero-order valence-corrected chi connectivity index (χ0v) is 26.2. The SMILES string of the molecule is CCOc1ccc([C@@H]2C(C(=O)OC)=CN=c3s/c(=C/c4cccc(OC)c4OCc4ccccc4Cl)c(=O)n32)cc1OCC. The third kappa shape index (κ3) is 6.22. The van der Waals surface area contributed by atoms with E-state index in [0.717, 1.165) is 5.56 Å². The van der Waals surface area contributed by atoms with E-state index in [1.165, 1.54) is 29.2 Å². The van der Waals surface area contributed by atoms with Gasteiger partial charge >= 0.3 is 5.97 Å². The normalized spacial score (nSPS) is 14.2. The fraction of sp³-hybridized carbons (Fsp3) is 0.242. The second-order valence-electron chi connectivity index (χ2n) is 9.51. The maximum atomic E-state index is 14.1. The Bertz CT molecular complexity index is 1900. The average molecular weight is 635 g/mol. The molecule has 9 nitrogen and oxygen atoms in total. The number of nitrogens with zero attached hydrogens (tertiary/aromatic N) is 2. The molecular weight excluding hydrogens is 604 g/mol. The lowest BCUT2D eigenvalue weighted by Gasteiger charge is -2.23. The first-order valence-electron chi connectivity index (χ1n) is 13.9. The first kappa shape index (κ1) is 30.9. The van der Waals surface area contributed by atoms with E-state index in [0.29, 0.717) is 61.7 Å². The summed E-state index contributed by atoms with van der Waals surface area (Å²) in [6.45, 7) is 4.82. The molecule has 1 atom stereocenters. The Kier molecular flexibility index (Phi) is 9.72. The number of aromatic nitrogens is 1. The van der Waals surface area contributed by atoms with E-state index in [1.807, 2.05) is 44.2 Å². The lowest BCUT2D eigenvalue weighted by Crippen LogP contribution is -2.39. The predicted molar refractivity (Wildman–Crippen MR) is 169 cm³/mol. The van der Waals surface area contributed by atoms with Gasteiger partial charge in [-0.05, 0) is 49.8 Å². The van der Waals surface area contributed by atoms with Gasteiger partial charge in [0.05, 0.1) is 43.6 Å². The summed E-state index contributed by atoms with van der Waals surface area (Å²) >= 11 is 7.55. The minimum atomic E-state index is -0.808. The average Bonchev–Trinajstić information content (AvgIpc) is 3.35. The molecule has 0 saturated carbocycles. The highest BCUT2D eigenvalue weighted by Gasteiger charge is 2.31.